The van der Waals surface area contributed by atoms with Crippen molar-refractivity contribution in [3.05, 3.63) is 59.7 Å². The zero-order valence-electron chi connectivity index (χ0n) is 13.7. The van der Waals surface area contributed by atoms with Crippen molar-refractivity contribution >= 4 is 0 Å². The summed E-state index contributed by atoms with van der Waals surface area (Å²) >= 11 is 0. The Labute approximate surface area is 134 Å². The molecule has 0 radical (unpaired) electrons. The Morgan fingerprint density at radius 1 is 0.864 bits per heavy atom. The Morgan fingerprint density at radius 2 is 1.68 bits per heavy atom. The second kappa shape index (κ2) is 9.14. The minimum Gasteiger partial charge on any atom is -0.493 e. The van der Waals surface area contributed by atoms with E-state index in [1.165, 1.54) is 24.0 Å². The molecule has 0 aliphatic carbocycles. The minimum absolute atomic E-state index is 0.586. The van der Waals surface area contributed by atoms with Crippen molar-refractivity contribution in [1.29, 1.82) is 0 Å². The molecule has 2 rings (SSSR count). The molecule has 2 aromatic rings. The predicted octanol–water partition coefficient (Wildman–Crippen LogP) is 5.40. The Morgan fingerprint density at radius 3 is 2.41 bits per heavy atom. The highest BCUT2D eigenvalue weighted by molar-refractivity contribution is 5.41. The first kappa shape index (κ1) is 16.4. The first-order valence-electron chi connectivity index (χ1n) is 8.26. The van der Waals surface area contributed by atoms with Crippen molar-refractivity contribution in [2.24, 2.45) is 0 Å². The second-order valence-electron chi connectivity index (χ2n) is 5.50. The molecule has 118 valence electrons. The van der Waals surface area contributed by atoms with E-state index >= 15 is 0 Å². The molecule has 22 heavy (non-hydrogen) atoms. The van der Waals surface area contributed by atoms with Gasteiger partial charge in [0.05, 0.1) is 6.61 Å². The third-order valence-corrected chi connectivity index (χ3v) is 3.55. The van der Waals surface area contributed by atoms with Gasteiger partial charge in [0, 0.05) is 6.07 Å². The van der Waals surface area contributed by atoms with E-state index in [9.17, 15) is 0 Å². The lowest BCUT2D eigenvalue weighted by atomic mass is 10.1. The van der Waals surface area contributed by atoms with Gasteiger partial charge in [-0.1, -0.05) is 56.7 Å². The van der Waals surface area contributed by atoms with Gasteiger partial charge in [-0.05, 0) is 36.5 Å². The van der Waals surface area contributed by atoms with Crippen LogP contribution < -0.4 is 9.47 Å². The summed E-state index contributed by atoms with van der Waals surface area (Å²) in [6, 6.07) is 16.4. The van der Waals surface area contributed by atoms with Crippen LogP contribution in [0.15, 0.2) is 48.5 Å². The summed E-state index contributed by atoms with van der Waals surface area (Å²) in [4.78, 5) is 0. The third kappa shape index (κ3) is 5.10. The number of hydrogen-bond donors (Lipinski definition) is 0. The summed E-state index contributed by atoms with van der Waals surface area (Å²) < 4.78 is 11.8. The Balaban J connectivity index is 2.04. The van der Waals surface area contributed by atoms with Crippen molar-refractivity contribution in [2.75, 3.05) is 6.61 Å². The molecule has 0 aliphatic rings. The summed E-state index contributed by atoms with van der Waals surface area (Å²) in [6.45, 7) is 5.68. The lowest BCUT2D eigenvalue weighted by molar-refractivity contribution is 0.293. The van der Waals surface area contributed by atoms with Crippen molar-refractivity contribution in [3.8, 4) is 11.5 Å². The molecule has 0 spiro atoms. The number of hydrogen-bond acceptors (Lipinski definition) is 2. The minimum atomic E-state index is 0.586. The van der Waals surface area contributed by atoms with Crippen LogP contribution in [0.3, 0.4) is 0 Å². The summed E-state index contributed by atoms with van der Waals surface area (Å²) in [6.07, 6.45) is 4.46. The van der Waals surface area contributed by atoms with Gasteiger partial charge < -0.3 is 9.47 Å². The van der Waals surface area contributed by atoms with Crippen LogP contribution in [-0.4, -0.2) is 6.61 Å². The number of rotatable bonds is 9. The lowest BCUT2D eigenvalue weighted by Gasteiger charge is -2.13. The van der Waals surface area contributed by atoms with E-state index in [4.69, 9.17) is 9.47 Å². The predicted molar refractivity (Wildman–Crippen MR) is 91.6 cm³/mol. The first-order chi connectivity index (χ1) is 10.8. The van der Waals surface area contributed by atoms with Gasteiger partial charge in [0.1, 0.15) is 18.1 Å². The fourth-order valence-electron chi connectivity index (χ4n) is 2.29. The monoisotopic (exact) mass is 298 g/mol. The van der Waals surface area contributed by atoms with Crippen LogP contribution in [0.5, 0.6) is 11.5 Å². The van der Waals surface area contributed by atoms with E-state index in [1.807, 2.05) is 30.3 Å². The number of ether oxygens (including phenoxy) is 2. The molecule has 2 heteroatoms. The molecule has 0 saturated carbocycles. The zero-order chi connectivity index (χ0) is 15.6. The van der Waals surface area contributed by atoms with Gasteiger partial charge in [-0.15, -0.1) is 0 Å². The van der Waals surface area contributed by atoms with Crippen LogP contribution in [0.2, 0.25) is 0 Å². The molecule has 2 nitrogen and oxygen atoms in total. The summed E-state index contributed by atoms with van der Waals surface area (Å²) in [5.41, 5.74) is 2.45. The molecule has 0 saturated heterocycles. The molecule has 0 atom stereocenters. The summed E-state index contributed by atoms with van der Waals surface area (Å²) in [7, 11) is 0. The maximum Gasteiger partial charge on any atom is 0.126 e. The van der Waals surface area contributed by atoms with E-state index in [0.29, 0.717) is 6.61 Å². The Kier molecular flexibility index (Phi) is 6.82. The highest BCUT2D eigenvalue weighted by Crippen LogP contribution is 2.27. The maximum atomic E-state index is 5.90. The van der Waals surface area contributed by atoms with E-state index in [-0.39, 0.29) is 0 Å². The first-order valence-corrected chi connectivity index (χ1v) is 8.26. The average Bonchev–Trinajstić information content (AvgIpc) is 2.58. The molecule has 0 amide bonds. The van der Waals surface area contributed by atoms with E-state index in [2.05, 4.69) is 32.0 Å². The average molecular weight is 298 g/mol. The van der Waals surface area contributed by atoms with Crippen LogP contribution in [0.4, 0.5) is 0 Å². The van der Waals surface area contributed by atoms with E-state index in [1.54, 1.807) is 0 Å². The lowest BCUT2D eigenvalue weighted by Crippen LogP contribution is -2.01. The smallest absolute Gasteiger partial charge is 0.126 e. The topological polar surface area (TPSA) is 18.5 Å². The van der Waals surface area contributed by atoms with Crippen molar-refractivity contribution in [1.82, 2.24) is 0 Å². The fourth-order valence-corrected chi connectivity index (χ4v) is 2.29. The molecule has 0 bridgehead atoms. The van der Waals surface area contributed by atoms with Gasteiger partial charge in [0.15, 0.2) is 0 Å². The molecule has 0 heterocycles. The van der Waals surface area contributed by atoms with Gasteiger partial charge in [0.25, 0.3) is 0 Å². The van der Waals surface area contributed by atoms with Crippen LogP contribution >= 0.6 is 0 Å². The molecule has 2 aromatic carbocycles. The molecule has 0 aromatic heterocycles. The molecular weight excluding hydrogens is 272 g/mol. The number of unbranched alkanes of at least 4 members (excludes halogenated alkanes) is 1. The van der Waals surface area contributed by atoms with Crippen LogP contribution in [0.1, 0.15) is 44.2 Å². The summed E-state index contributed by atoms with van der Waals surface area (Å²) in [5.74, 6) is 1.84. The number of benzene rings is 2. The van der Waals surface area contributed by atoms with Crippen LogP contribution in [-0.2, 0) is 13.0 Å². The molecular formula is C20H26O2. The van der Waals surface area contributed by atoms with E-state index < -0.39 is 0 Å². The van der Waals surface area contributed by atoms with Gasteiger partial charge >= 0.3 is 0 Å². The Hall–Kier alpha value is -1.96. The van der Waals surface area contributed by atoms with Gasteiger partial charge in [0.2, 0.25) is 0 Å². The third-order valence-electron chi connectivity index (χ3n) is 3.55. The second-order valence-corrected chi connectivity index (χ2v) is 5.50. The molecule has 0 N–H and O–H groups in total. The van der Waals surface area contributed by atoms with E-state index in [0.717, 1.165) is 30.9 Å². The van der Waals surface area contributed by atoms with Crippen molar-refractivity contribution < 1.29 is 9.47 Å². The SMILES string of the molecule is CCCCc1ccc(OCc2ccccc2)cc1OCCC. The van der Waals surface area contributed by atoms with Crippen molar-refractivity contribution in [3.63, 3.8) is 0 Å². The fraction of sp³-hybridized carbons (Fsp3) is 0.400. The zero-order valence-corrected chi connectivity index (χ0v) is 13.7. The van der Waals surface area contributed by atoms with Gasteiger partial charge in [-0.2, -0.15) is 0 Å². The standard InChI is InChI=1S/C20H26O2/c1-3-5-11-18-12-13-19(15-20(18)21-14-4-2)22-16-17-9-7-6-8-10-17/h6-10,12-13,15H,3-5,11,14,16H2,1-2H3. The number of aryl methyl sites for hydroxylation is 1. The van der Waals surface area contributed by atoms with Gasteiger partial charge in [-0.25, -0.2) is 0 Å². The molecule has 0 fully saturated rings. The van der Waals surface area contributed by atoms with Gasteiger partial charge in [-0.3, -0.25) is 0 Å². The summed E-state index contributed by atoms with van der Waals surface area (Å²) in [5, 5.41) is 0. The maximum absolute atomic E-state index is 5.90. The highest BCUT2D eigenvalue weighted by atomic mass is 16.5. The van der Waals surface area contributed by atoms with Crippen molar-refractivity contribution in [2.45, 2.75) is 46.1 Å². The largest absolute Gasteiger partial charge is 0.493 e. The normalized spacial score (nSPS) is 10.5. The Bertz CT molecular complexity index is 549. The molecule has 0 unspecified atom stereocenters. The van der Waals surface area contributed by atoms with Crippen LogP contribution in [0, 0.1) is 0 Å². The van der Waals surface area contributed by atoms with Crippen LogP contribution in [0.25, 0.3) is 0 Å². The quantitative estimate of drug-likeness (QED) is 0.617. The highest BCUT2D eigenvalue weighted by Gasteiger charge is 2.06. The molecule has 0 aliphatic heterocycles.